The van der Waals surface area contributed by atoms with Gasteiger partial charge in [0.25, 0.3) is 10.1 Å². The first kappa shape index (κ1) is 13.0. The summed E-state index contributed by atoms with van der Waals surface area (Å²) in [5, 5.41) is 9.46. The Morgan fingerprint density at radius 3 is 2.56 bits per heavy atom. The first-order valence-corrected chi connectivity index (χ1v) is 6.28. The highest BCUT2D eigenvalue weighted by molar-refractivity contribution is 7.85. The van der Waals surface area contributed by atoms with Crippen LogP contribution in [0.4, 0.5) is 0 Å². The molecule has 1 rings (SSSR count). The molecule has 0 aromatic heterocycles. The van der Waals surface area contributed by atoms with Crippen LogP contribution in [0.1, 0.15) is 5.56 Å². The maximum absolute atomic E-state index is 10.6. The largest absolute Gasteiger partial charge is 0.496 e. The van der Waals surface area contributed by atoms with Crippen LogP contribution in [0.25, 0.3) is 0 Å². The highest BCUT2D eigenvalue weighted by atomic mass is 32.2. The van der Waals surface area contributed by atoms with Crippen molar-refractivity contribution in [1.82, 2.24) is 0 Å². The quantitative estimate of drug-likeness (QED) is 0.738. The Morgan fingerprint density at radius 1 is 1.38 bits per heavy atom. The molecule has 0 radical (unpaired) electrons. The van der Waals surface area contributed by atoms with Crippen molar-refractivity contribution in [3.05, 3.63) is 29.8 Å². The molecule has 0 amide bonds. The van der Waals surface area contributed by atoms with E-state index in [2.05, 4.69) is 0 Å². The minimum atomic E-state index is -4.15. The standard InChI is InChI=1S/C10H14O5S/c1-15-10-5-3-2-4-8(10)6-9(11)7-16(12,13)14/h2-5,9,11H,6-7H2,1H3,(H,12,13,14). The molecule has 90 valence electrons. The lowest BCUT2D eigenvalue weighted by Gasteiger charge is -2.11. The number of aliphatic hydroxyl groups is 1. The molecule has 1 atom stereocenters. The summed E-state index contributed by atoms with van der Waals surface area (Å²) >= 11 is 0. The monoisotopic (exact) mass is 246 g/mol. The third-order valence-corrected chi connectivity index (χ3v) is 2.86. The highest BCUT2D eigenvalue weighted by Crippen LogP contribution is 2.19. The van der Waals surface area contributed by atoms with Gasteiger partial charge in [0.2, 0.25) is 0 Å². The van der Waals surface area contributed by atoms with Crippen LogP contribution in [-0.4, -0.2) is 37.0 Å². The molecule has 5 nitrogen and oxygen atoms in total. The van der Waals surface area contributed by atoms with Crippen molar-refractivity contribution < 1.29 is 22.8 Å². The lowest BCUT2D eigenvalue weighted by molar-refractivity contribution is 0.194. The van der Waals surface area contributed by atoms with Crippen molar-refractivity contribution in [2.24, 2.45) is 0 Å². The van der Waals surface area contributed by atoms with Gasteiger partial charge < -0.3 is 9.84 Å². The van der Waals surface area contributed by atoms with E-state index in [0.717, 1.165) is 0 Å². The summed E-state index contributed by atoms with van der Waals surface area (Å²) < 4.78 is 34.7. The van der Waals surface area contributed by atoms with Crippen LogP contribution in [0.5, 0.6) is 5.75 Å². The molecule has 2 N–H and O–H groups in total. The van der Waals surface area contributed by atoms with Crippen LogP contribution in [0.2, 0.25) is 0 Å². The predicted molar refractivity (Wildman–Crippen MR) is 59.1 cm³/mol. The van der Waals surface area contributed by atoms with Crippen LogP contribution in [-0.2, 0) is 16.5 Å². The molecule has 1 unspecified atom stereocenters. The molecule has 1 aromatic carbocycles. The van der Waals surface area contributed by atoms with Crippen molar-refractivity contribution in [3.8, 4) is 5.75 Å². The van der Waals surface area contributed by atoms with Gasteiger partial charge in [-0.3, -0.25) is 4.55 Å². The van der Waals surface area contributed by atoms with E-state index in [9.17, 15) is 13.5 Å². The average Bonchev–Trinajstić information content (AvgIpc) is 2.15. The van der Waals surface area contributed by atoms with E-state index in [1.165, 1.54) is 7.11 Å². The summed E-state index contributed by atoms with van der Waals surface area (Å²) in [7, 11) is -2.66. The van der Waals surface area contributed by atoms with Crippen molar-refractivity contribution in [2.45, 2.75) is 12.5 Å². The fraction of sp³-hybridized carbons (Fsp3) is 0.400. The van der Waals surface area contributed by atoms with Gasteiger partial charge in [-0.15, -0.1) is 0 Å². The number of aliphatic hydroxyl groups excluding tert-OH is 1. The number of benzene rings is 1. The van der Waals surface area contributed by atoms with E-state index in [-0.39, 0.29) is 6.42 Å². The third-order valence-electron chi connectivity index (χ3n) is 2.05. The van der Waals surface area contributed by atoms with Gasteiger partial charge >= 0.3 is 0 Å². The second-order valence-electron chi connectivity index (χ2n) is 3.42. The Kier molecular flexibility index (Phi) is 4.28. The van der Waals surface area contributed by atoms with Crippen LogP contribution in [0, 0.1) is 0 Å². The number of ether oxygens (including phenoxy) is 1. The molecule has 0 saturated carbocycles. The number of para-hydroxylation sites is 1. The van der Waals surface area contributed by atoms with Gasteiger partial charge in [-0.25, -0.2) is 0 Å². The van der Waals surface area contributed by atoms with E-state index >= 15 is 0 Å². The molecule has 0 aliphatic carbocycles. The van der Waals surface area contributed by atoms with Gasteiger partial charge in [0, 0.05) is 6.42 Å². The number of methoxy groups -OCH3 is 1. The van der Waals surface area contributed by atoms with Crippen LogP contribution >= 0.6 is 0 Å². The normalized spacial score (nSPS) is 13.4. The zero-order valence-electron chi connectivity index (χ0n) is 8.83. The summed E-state index contributed by atoms with van der Waals surface area (Å²) in [6.45, 7) is 0. The molecule has 0 fully saturated rings. The molecule has 0 bridgehead atoms. The highest BCUT2D eigenvalue weighted by Gasteiger charge is 2.16. The van der Waals surface area contributed by atoms with Crippen LogP contribution < -0.4 is 4.74 Å². The molecule has 0 heterocycles. The van der Waals surface area contributed by atoms with Crippen LogP contribution in [0.15, 0.2) is 24.3 Å². The molecular formula is C10H14O5S. The van der Waals surface area contributed by atoms with Gasteiger partial charge in [-0.05, 0) is 11.6 Å². The van der Waals surface area contributed by atoms with Gasteiger partial charge in [0.05, 0.1) is 13.2 Å². The van der Waals surface area contributed by atoms with Crippen molar-refractivity contribution in [3.63, 3.8) is 0 Å². The van der Waals surface area contributed by atoms with Gasteiger partial charge in [-0.1, -0.05) is 18.2 Å². The molecule has 1 aromatic rings. The van der Waals surface area contributed by atoms with Gasteiger partial charge in [0.1, 0.15) is 11.5 Å². The van der Waals surface area contributed by atoms with Gasteiger partial charge in [-0.2, -0.15) is 8.42 Å². The fourth-order valence-electron chi connectivity index (χ4n) is 1.43. The molecule has 16 heavy (non-hydrogen) atoms. The summed E-state index contributed by atoms with van der Waals surface area (Å²) in [6, 6.07) is 6.98. The van der Waals surface area contributed by atoms with Crippen molar-refractivity contribution in [2.75, 3.05) is 12.9 Å². The zero-order chi connectivity index (χ0) is 12.2. The van der Waals surface area contributed by atoms with Crippen LogP contribution in [0.3, 0.4) is 0 Å². The minimum absolute atomic E-state index is 0.115. The Labute approximate surface area is 94.4 Å². The Bertz CT molecular complexity index is 440. The van der Waals surface area contributed by atoms with E-state index in [0.29, 0.717) is 11.3 Å². The second-order valence-corrected chi connectivity index (χ2v) is 4.92. The maximum Gasteiger partial charge on any atom is 0.267 e. The van der Waals surface area contributed by atoms with Gasteiger partial charge in [0.15, 0.2) is 0 Å². The van der Waals surface area contributed by atoms with Crippen molar-refractivity contribution in [1.29, 1.82) is 0 Å². The molecule has 0 aliphatic rings. The summed E-state index contributed by atoms with van der Waals surface area (Å²) in [4.78, 5) is 0. The van der Waals surface area contributed by atoms with Crippen molar-refractivity contribution >= 4 is 10.1 Å². The molecular weight excluding hydrogens is 232 g/mol. The first-order chi connectivity index (χ1) is 7.42. The molecule has 0 aliphatic heterocycles. The Balaban J connectivity index is 2.73. The molecule has 6 heteroatoms. The Hall–Kier alpha value is -1.11. The fourth-order valence-corrected chi connectivity index (χ4v) is 2.03. The lowest BCUT2D eigenvalue weighted by atomic mass is 10.1. The van der Waals surface area contributed by atoms with E-state index in [1.807, 2.05) is 0 Å². The predicted octanol–water partition coefficient (Wildman–Crippen LogP) is 0.486. The molecule has 0 spiro atoms. The smallest absolute Gasteiger partial charge is 0.267 e. The average molecular weight is 246 g/mol. The Morgan fingerprint density at radius 2 is 2.00 bits per heavy atom. The SMILES string of the molecule is COc1ccccc1CC(O)CS(=O)(=O)O. The number of hydrogen-bond donors (Lipinski definition) is 2. The topological polar surface area (TPSA) is 83.8 Å². The first-order valence-electron chi connectivity index (χ1n) is 4.67. The maximum atomic E-state index is 10.6. The summed E-state index contributed by atoms with van der Waals surface area (Å²) in [6.07, 6.45) is -1.03. The second kappa shape index (κ2) is 5.29. The zero-order valence-corrected chi connectivity index (χ0v) is 9.64. The van der Waals surface area contributed by atoms with E-state index in [4.69, 9.17) is 9.29 Å². The summed E-state index contributed by atoms with van der Waals surface area (Å²) in [5.41, 5.74) is 0.696. The minimum Gasteiger partial charge on any atom is -0.496 e. The van der Waals surface area contributed by atoms with E-state index in [1.54, 1.807) is 24.3 Å². The lowest BCUT2D eigenvalue weighted by Crippen LogP contribution is -2.22. The number of hydrogen-bond acceptors (Lipinski definition) is 4. The molecule has 0 saturated heterocycles. The number of rotatable bonds is 5. The summed E-state index contributed by atoms with van der Waals surface area (Å²) in [5.74, 6) is -0.0951. The third kappa shape index (κ3) is 4.18. The van der Waals surface area contributed by atoms with E-state index < -0.39 is 22.0 Å².